The molecule has 2 aliphatic carbocycles. The summed E-state index contributed by atoms with van der Waals surface area (Å²) in [6.07, 6.45) is 18.7. The fraction of sp³-hybridized carbons (Fsp3) is 0.429. The molecule has 0 unspecified atom stereocenters. The van der Waals surface area contributed by atoms with Crippen LogP contribution >= 0.6 is 0 Å². The summed E-state index contributed by atoms with van der Waals surface area (Å²) in [7, 11) is 0. The van der Waals surface area contributed by atoms with Crippen LogP contribution in [-0.4, -0.2) is 133 Å². The van der Waals surface area contributed by atoms with Crippen molar-refractivity contribution in [2.24, 2.45) is 17.8 Å². The van der Waals surface area contributed by atoms with Crippen molar-refractivity contribution in [1.29, 1.82) is 0 Å². The van der Waals surface area contributed by atoms with E-state index >= 15 is 4.39 Å². The molecule has 472 valence electrons. The van der Waals surface area contributed by atoms with E-state index in [0.29, 0.717) is 84.5 Å². The molecule has 89 heavy (non-hydrogen) atoms. The van der Waals surface area contributed by atoms with Gasteiger partial charge in [-0.15, -0.1) is 20.4 Å². The number of aliphatic hydroxyl groups excluding tert-OH is 1. The summed E-state index contributed by atoms with van der Waals surface area (Å²) in [4.78, 5) is 44.2. The third kappa shape index (κ3) is 16.3. The van der Waals surface area contributed by atoms with Crippen LogP contribution in [0.4, 0.5) is 20.4 Å². The fourth-order valence-electron chi connectivity index (χ4n) is 10.2. The van der Waals surface area contributed by atoms with Gasteiger partial charge in [-0.1, -0.05) is 19.1 Å². The first-order valence-electron chi connectivity index (χ1n) is 29.4. The van der Waals surface area contributed by atoms with Gasteiger partial charge in [0.25, 0.3) is 11.8 Å². The Kier molecular flexibility index (Phi) is 23.8. The second-order valence-corrected chi connectivity index (χ2v) is 22.5. The summed E-state index contributed by atoms with van der Waals surface area (Å²) < 4.78 is 58.4. The van der Waals surface area contributed by atoms with Gasteiger partial charge in [0.05, 0.1) is 99.4 Å². The van der Waals surface area contributed by atoms with E-state index in [0.717, 1.165) is 139 Å². The molecule has 26 heteroatoms. The van der Waals surface area contributed by atoms with Crippen LogP contribution in [0.2, 0.25) is 0 Å². The average molecular weight is 1560 g/mol. The SMILES string of the molecule is CCC1COC1.O=C(Nc1cccc(-c2nnc3n2CCCC3)n1)c1cc(-n2cnc(C3CC3)c2)c(O)cc1F.O=C(Nc1cccc(-c2nnc3n2CCCC3)n1)c1cc(-n2cnc(C3CC3)c2)c(OCC2COC2)cc1F.OCC1COC1.[CH3-].[CH3-].[W].[W]. The Hall–Kier alpha value is -6.94. The number of aliphatic hydroxyl groups is 1. The number of nitrogens with one attached hydrogen (secondary N) is 2. The van der Waals surface area contributed by atoms with Gasteiger partial charge in [0.2, 0.25) is 0 Å². The summed E-state index contributed by atoms with van der Waals surface area (Å²) in [5.74, 6) is 3.55. The summed E-state index contributed by atoms with van der Waals surface area (Å²) in [6.45, 7) is 9.35. The van der Waals surface area contributed by atoms with Crippen molar-refractivity contribution in [2.45, 2.75) is 102 Å². The number of imidazole rings is 2. The molecule has 22 nitrogen and oxygen atoms in total. The minimum atomic E-state index is -0.830. The van der Waals surface area contributed by atoms with Crippen LogP contribution < -0.4 is 15.4 Å². The Balaban J connectivity index is 0.000000187. The van der Waals surface area contributed by atoms with Gasteiger partial charge >= 0.3 is 0 Å². The number of anilines is 2. The molecule has 0 radical (unpaired) electrons. The molecular formula is C63H74F2N14O8W2-2. The maximum Gasteiger partial charge on any atom is 0.259 e. The number of aromatic hydroxyl groups is 1. The molecule has 7 aliphatic rings. The Bertz CT molecular complexity index is 3650. The Morgan fingerprint density at radius 2 is 1.10 bits per heavy atom. The number of hydrogen-bond donors (Lipinski definition) is 4. The number of pyridine rings is 2. The number of carbonyl (C=O) groups is 2. The number of phenols is 1. The van der Waals surface area contributed by atoms with E-state index in [4.69, 9.17) is 24.1 Å². The largest absolute Gasteiger partial charge is 0.506 e. The van der Waals surface area contributed by atoms with Gasteiger partial charge in [0.15, 0.2) is 11.6 Å². The van der Waals surface area contributed by atoms with Gasteiger partial charge in [0, 0.05) is 122 Å². The third-order valence-corrected chi connectivity index (χ3v) is 15.9. The number of hydrogen-bond acceptors (Lipinski definition) is 16. The molecule has 2 aromatic carbocycles. The van der Waals surface area contributed by atoms with Crippen LogP contribution in [0.5, 0.6) is 11.5 Å². The molecule has 3 saturated heterocycles. The Morgan fingerprint density at radius 1 is 0.629 bits per heavy atom. The number of rotatable bonds is 15. The van der Waals surface area contributed by atoms with Crippen LogP contribution in [0.25, 0.3) is 34.4 Å². The van der Waals surface area contributed by atoms with Crippen molar-refractivity contribution < 1.29 is 89.7 Å². The number of carbonyl (C=O) groups excluding carboxylic acids is 2. The number of aryl methyl sites for hydroxylation is 2. The number of fused-ring (bicyclic) bond motifs is 2. The van der Waals surface area contributed by atoms with Crippen LogP contribution in [0.1, 0.15) is 120 Å². The van der Waals surface area contributed by atoms with E-state index in [9.17, 15) is 19.1 Å². The quantitative estimate of drug-likeness (QED) is 0.0697. The number of amides is 2. The number of aromatic nitrogens is 12. The summed E-state index contributed by atoms with van der Waals surface area (Å²) >= 11 is 0. The van der Waals surface area contributed by atoms with Gasteiger partial charge in [-0.05, 0) is 94.2 Å². The average Bonchev–Trinajstić information content (AvgIpc) is 4.05. The van der Waals surface area contributed by atoms with E-state index in [1.54, 1.807) is 58.3 Å². The predicted octanol–water partition coefficient (Wildman–Crippen LogP) is 9.56. The second kappa shape index (κ2) is 31.2. The zero-order chi connectivity index (χ0) is 58.4. The molecule has 11 heterocycles. The van der Waals surface area contributed by atoms with Gasteiger partial charge in [-0.2, -0.15) is 0 Å². The van der Waals surface area contributed by atoms with Crippen LogP contribution in [0.15, 0.2) is 85.7 Å². The Labute approximate surface area is 544 Å². The fourth-order valence-corrected chi connectivity index (χ4v) is 10.2. The number of nitrogens with zero attached hydrogens (tertiary/aromatic N) is 12. The van der Waals surface area contributed by atoms with Gasteiger partial charge < -0.3 is 72.9 Å². The summed E-state index contributed by atoms with van der Waals surface area (Å²) in [5.41, 5.74) is 3.60. The van der Waals surface area contributed by atoms with Crippen molar-refractivity contribution in [3.63, 3.8) is 0 Å². The molecule has 8 aromatic rings. The molecule has 0 spiro atoms. The van der Waals surface area contributed by atoms with Gasteiger partial charge in [-0.3, -0.25) is 9.59 Å². The number of halogens is 2. The first kappa shape index (κ1) is 68.0. The van der Waals surface area contributed by atoms with E-state index in [2.05, 4.69) is 62.5 Å². The summed E-state index contributed by atoms with van der Waals surface area (Å²) in [6, 6.07) is 15.5. The van der Waals surface area contributed by atoms with Crippen molar-refractivity contribution in [3.05, 3.63) is 146 Å². The van der Waals surface area contributed by atoms with Crippen LogP contribution in [0.3, 0.4) is 0 Å². The first-order valence-corrected chi connectivity index (χ1v) is 29.4. The van der Waals surface area contributed by atoms with Crippen LogP contribution in [0, 0.1) is 44.2 Å². The molecule has 5 fully saturated rings. The van der Waals surface area contributed by atoms with Crippen molar-refractivity contribution in [3.8, 4) is 45.9 Å². The summed E-state index contributed by atoms with van der Waals surface area (Å²) in [5, 5.41) is 41.2. The van der Waals surface area contributed by atoms with E-state index in [1.165, 1.54) is 24.6 Å². The number of phenolic OH excluding ortho intramolecular Hbond substituents is 1. The predicted molar refractivity (Wildman–Crippen MR) is 320 cm³/mol. The minimum absolute atomic E-state index is 0. The first-order chi connectivity index (χ1) is 41.5. The minimum Gasteiger partial charge on any atom is -0.506 e. The second-order valence-electron chi connectivity index (χ2n) is 22.5. The zero-order valence-electron chi connectivity index (χ0n) is 50.1. The van der Waals surface area contributed by atoms with Crippen molar-refractivity contribution >= 4 is 23.5 Å². The van der Waals surface area contributed by atoms with Crippen molar-refractivity contribution in [1.82, 2.24) is 58.6 Å². The zero-order valence-corrected chi connectivity index (χ0v) is 56.0. The normalized spacial score (nSPS) is 16.4. The van der Waals surface area contributed by atoms with E-state index < -0.39 is 23.4 Å². The molecule has 4 N–H and O–H groups in total. The van der Waals surface area contributed by atoms with Crippen LogP contribution in [-0.2, 0) is 82.3 Å². The topological polar surface area (TPSA) is 258 Å². The molecule has 15 rings (SSSR count). The monoisotopic (exact) mass is 1560 g/mol. The maximum atomic E-state index is 15.3. The number of benzene rings is 2. The molecule has 0 atom stereocenters. The maximum absolute atomic E-state index is 15.3. The van der Waals surface area contributed by atoms with E-state index in [-0.39, 0.29) is 91.3 Å². The smallest absolute Gasteiger partial charge is 0.259 e. The van der Waals surface area contributed by atoms with Gasteiger partial charge in [-0.25, -0.2) is 28.7 Å². The van der Waals surface area contributed by atoms with Crippen molar-refractivity contribution in [2.75, 3.05) is 63.5 Å². The van der Waals surface area contributed by atoms with E-state index in [1.807, 2.05) is 16.8 Å². The third-order valence-electron chi connectivity index (χ3n) is 15.9. The Morgan fingerprint density at radius 3 is 1.53 bits per heavy atom. The molecular weight excluding hydrogens is 1490 g/mol. The number of ether oxygens (including phenoxy) is 4. The molecule has 2 saturated carbocycles. The molecule has 6 aromatic heterocycles. The standard InChI is InChI=1S/C28H28FN7O3.C24H22FN7O2.C5H10O.C4H8O2.2CH3.2W/c29-20-11-24(39-15-17-13-38-14-17)23(35-12-22(30-16-35)18-7-8-18)10-19(20)28(37)32-25-5-3-4-21(31-25)27-34-33-26-6-1-2-9-36(26)27;25-16-11-20(33)19(31-12-18(26-13-31)14-7-8-14)10-15(16)24(34)28-21-5-3-4-17(27-21)23-30-29-22-6-1-2-9-32(22)23;1-2-5-3-6-4-5;5-1-4-2-6-3-4;;;;/h3-5,10-12,16-18H,1-2,6-9,13-15H2,(H,31,32,37);3-5,10-14,33H,1-2,6-9H2,(H,27,28,34);5H,2-4H2,1H3;4-5H,1-3H2;2*1H3;;/q;;;;2*-1;;. The van der Waals surface area contributed by atoms with Gasteiger partial charge in [0.1, 0.15) is 57.8 Å². The molecule has 2 amide bonds. The molecule has 5 aliphatic heterocycles. The molecule has 0 bridgehead atoms.